The number of aromatic nitrogens is 5. The fourth-order valence-corrected chi connectivity index (χ4v) is 3.58. The molecule has 1 aliphatic rings. The van der Waals surface area contributed by atoms with Gasteiger partial charge in [-0.1, -0.05) is 26.0 Å². The number of fused-ring (bicyclic) bond motifs is 1. The van der Waals surface area contributed by atoms with E-state index >= 15 is 0 Å². The maximum Gasteiger partial charge on any atom is 0.327 e. The second-order valence-corrected chi connectivity index (χ2v) is 8.25. The van der Waals surface area contributed by atoms with Gasteiger partial charge in [-0.15, -0.1) is 0 Å². The minimum Gasteiger partial charge on any atom is -0.424 e. The van der Waals surface area contributed by atoms with Crippen LogP contribution in [0.5, 0.6) is 11.8 Å². The minimum absolute atomic E-state index is 0.0423. The molecule has 0 atom stereocenters. The van der Waals surface area contributed by atoms with E-state index in [4.69, 9.17) is 14.5 Å². The van der Waals surface area contributed by atoms with Gasteiger partial charge in [-0.25, -0.2) is 0 Å². The summed E-state index contributed by atoms with van der Waals surface area (Å²) in [6.07, 6.45) is 1.76. The largest absolute Gasteiger partial charge is 0.424 e. The van der Waals surface area contributed by atoms with Gasteiger partial charge in [0.25, 0.3) is 0 Å². The van der Waals surface area contributed by atoms with Crippen LogP contribution in [0.1, 0.15) is 13.8 Å². The first kappa shape index (κ1) is 21.8. The van der Waals surface area contributed by atoms with E-state index in [1.807, 2.05) is 32.0 Å². The van der Waals surface area contributed by atoms with Gasteiger partial charge in [0, 0.05) is 35.6 Å². The third-order valence-electron chi connectivity index (χ3n) is 5.48. The van der Waals surface area contributed by atoms with Gasteiger partial charge in [-0.3, -0.25) is 9.89 Å². The molecule has 0 bridgehead atoms. The topological polar surface area (TPSA) is 118 Å². The molecule has 0 unspecified atom stereocenters. The van der Waals surface area contributed by atoms with E-state index in [0.29, 0.717) is 49.5 Å². The van der Waals surface area contributed by atoms with E-state index in [-0.39, 0.29) is 17.8 Å². The van der Waals surface area contributed by atoms with Gasteiger partial charge >= 0.3 is 6.01 Å². The van der Waals surface area contributed by atoms with Crippen molar-refractivity contribution in [3.63, 3.8) is 0 Å². The number of carbonyl (C=O) groups excluding carboxylic acids is 1. The van der Waals surface area contributed by atoms with Gasteiger partial charge in [0.05, 0.1) is 24.9 Å². The van der Waals surface area contributed by atoms with Crippen LogP contribution in [0.4, 0.5) is 11.6 Å². The summed E-state index contributed by atoms with van der Waals surface area (Å²) in [6, 6.07) is 13.1. The molecular formula is C24H25N7O3. The Hall–Kier alpha value is -4.05. The third kappa shape index (κ3) is 4.67. The van der Waals surface area contributed by atoms with Crippen molar-refractivity contribution in [1.82, 2.24) is 25.1 Å². The maximum atomic E-state index is 11.9. The molecule has 1 saturated heterocycles. The smallest absolute Gasteiger partial charge is 0.327 e. The Morgan fingerprint density at radius 1 is 1.09 bits per heavy atom. The van der Waals surface area contributed by atoms with Gasteiger partial charge in [0.1, 0.15) is 5.75 Å². The second kappa shape index (κ2) is 9.44. The van der Waals surface area contributed by atoms with Gasteiger partial charge in [-0.05, 0) is 30.3 Å². The van der Waals surface area contributed by atoms with E-state index in [9.17, 15) is 4.79 Å². The predicted molar refractivity (Wildman–Crippen MR) is 128 cm³/mol. The first-order valence-corrected chi connectivity index (χ1v) is 11.2. The molecule has 10 nitrogen and oxygen atoms in total. The van der Waals surface area contributed by atoms with Crippen LogP contribution in [-0.4, -0.2) is 57.4 Å². The Bertz CT molecular complexity index is 1300. The highest BCUT2D eigenvalue weighted by atomic mass is 16.5. The van der Waals surface area contributed by atoms with Crippen LogP contribution in [0.2, 0.25) is 0 Å². The van der Waals surface area contributed by atoms with Gasteiger partial charge < -0.3 is 19.7 Å². The van der Waals surface area contributed by atoms with Crippen molar-refractivity contribution >= 4 is 28.4 Å². The monoisotopic (exact) mass is 459 g/mol. The zero-order chi connectivity index (χ0) is 23.5. The Balaban J connectivity index is 1.47. The predicted octanol–water partition coefficient (Wildman–Crippen LogP) is 3.64. The molecule has 2 N–H and O–H groups in total. The number of aromatic amines is 1. The van der Waals surface area contributed by atoms with E-state index in [2.05, 4.69) is 30.4 Å². The second-order valence-electron chi connectivity index (χ2n) is 8.25. The van der Waals surface area contributed by atoms with Gasteiger partial charge in [-0.2, -0.15) is 20.1 Å². The number of carbonyl (C=O) groups is 1. The molecule has 34 heavy (non-hydrogen) atoms. The van der Waals surface area contributed by atoms with Crippen LogP contribution in [0.25, 0.3) is 22.3 Å². The van der Waals surface area contributed by atoms with E-state index in [1.165, 1.54) is 0 Å². The number of benzene rings is 2. The summed E-state index contributed by atoms with van der Waals surface area (Å²) in [7, 11) is 0. The van der Waals surface area contributed by atoms with E-state index in [0.717, 1.165) is 16.5 Å². The summed E-state index contributed by atoms with van der Waals surface area (Å²) in [6.45, 7) is 6.28. The highest BCUT2D eigenvalue weighted by Gasteiger charge is 2.19. The number of morpholine rings is 1. The van der Waals surface area contributed by atoms with Gasteiger partial charge in [0.2, 0.25) is 11.9 Å². The molecule has 1 amide bonds. The molecule has 174 valence electrons. The summed E-state index contributed by atoms with van der Waals surface area (Å²) in [5.41, 5.74) is 2.43. The summed E-state index contributed by atoms with van der Waals surface area (Å²) >= 11 is 0. The van der Waals surface area contributed by atoms with Crippen molar-refractivity contribution in [3.8, 4) is 23.1 Å². The number of hydrogen-bond acceptors (Lipinski definition) is 8. The van der Waals surface area contributed by atoms with Crippen molar-refractivity contribution in [2.75, 3.05) is 36.5 Å². The Morgan fingerprint density at radius 3 is 2.65 bits per heavy atom. The SMILES string of the molecule is CC(C)C(=O)Nc1ccc(Oc2nc(-c3cccc4[nH]ncc34)nc(N3CCOCC3)n2)cc1. The summed E-state index contributed by atoms with van der Waals surface area (Å²) in [5.74, 6) is 1.44. The Labute approximate surface area is 196 Å². The highest BCUT2D eigenvalue weighted by molar-refractivity contribution is 5.93. The lowest BCUT2D eigenvalue weighted by atomic mass is 10.1. The average molecular weight is 460 g/mol. The van der Waals surface area contributed by atoms with Crippen LogP contribution in [0.3, 0.4) is 0 Å². The number of nitrogens with one attached hydrogen (secondary N) is 2. The molecule has 10 heteroatoms. The Morgan fingerprint density at radius 2 is 1.88 bits per heavy atom. The van der Waals surface area contributed by atoms with Crippen LogP contribution in [0, 0.1) is 5.92 Å². The van der Waals surface area contributed by atoms with E-state index < -0.39 is 0 Å². The lowest BCUT2D eigenvalue weighted by Crippen LogP contribution is -2.37. The van der Waals surface area contributed by atoms with Crippen molar-refractivity contribution in [3.05, 3.63) is 48.7 Å². The quantitative estimate of drug-likeness (QED) is 0.449. The van der Waals surface area contributed by atoms with Crippen molar-refractivity contribution < 1.29 is 14.3 Å². The fraction of sp³-hybridized carbons (Fsp3) is 0.292. The molecule has 1 aliphatic heterocycles. The number of nitrogens with zero attached hydrogens (tertiary/aromatic N) is 5. The zero-order valence-electron chi connectivity index (χ0n) is 19.0. The first-order valence-electron chi connectivity index (χ1n) is 11.2. The number of ether oxygens (including phenoxy) is 2. The summed E-state index contributed by atoms with van der Waals surface area (Å²) < 4.78 is 11.5. The number of amides is 1. The van der Waals surface area contributed by atoms with Crippen LogP contribution in [0.15, 0.2) is 48.7 Å². The van der Waals surface area contributed by atoms with Crippen LogP contribution < -0.4 is 15.0 Å². The van der Waals surface area contributed by atoms with Crippen LogP contribution >= 0.6 is 0 Å². The number of anilines is 2. The molecule has 2 aromatic heterocycles. The molecule has 0 radical (unpaired) electrons. The number of H-pyrrole nitrogens is 1. The average Bonchev–Trinajstić information content (AvgIpc) is 3.35. The molecular weight excluding hydrogens is 434 g/mol. The molecule has 1 fully saturated rings. The van der Waals surface area contributed by atoms with Crippen LogP contribution in [-0.2, 0) is 9.53 Å². The Kier molecular flexibility index (Phi) is 6.05. The number of rotatable bonds is 6. The van der Waals surface area contributed by atoms with Crippen molar-refractivity contribution in [2.24, 2.45) is 5.92 Å². The molecule has 2 aromatic carbocycles. The molecule has 0 aliphatic carbocycles. The normalized spacial score (nSPS) is 13.9. The van der Waals surface area contributed by atoms with E-state index in [1.54, 1.807) is 30.5 Å². The zero-order valence-corrected chi connectivity index (χ0v) is 19.0. The molecule has 4 aromatic rings. The van der Waals surface area contributed by atoms with Crippen molar-refractivity contribution in [1.29, 1.82) is 0 Å². The molecule has 5 rings (SSSR count). The van der Waals surface area contributed by atoms with Crippen molar-refractivity contribution in [2.45, 2.75) is 13.8 Å². The third-order valence-corrected chi connectivity index (χ3v) is 5.48. The fourth-order valence-electron chi connectivity index (χ4n) is 3.58. The minimum atomic E-state index is -0.0992. The standard InChI is InChI=1S/C24H25N7O3/c1-15(2)22(32)26-16-6-8-17(9-7-16)34-24-28-21(18-4-3-5-20-19(18)14-25-30-20)27-23(29-24)31-10-12-33-13-11-31/h3-9,14-15H,10-13H2,1-2H3,(H,25,30)(H,26,32). The summed E-state index contributed by atoms with van der Waals surface area (Å²) in [4.78, 5) is 27.9. The lowest BCUT2D eigenvalue weighted by molar-refractivity contribution is -0.118. The molecule has 3 heterocycles. The van der Waals surface area contributed by atoms with Gasteiger partial charge in [0.15, 0.2) is 5.82 Å². The maximum absolute atomic E-state index is 11.9. The first-order chi connectivity index (χ1) is 16.6. The molecule has 0 spiro atoms. The lowest BCUT2D eigenvalue weighted by Gasteiger charge is -2.27. The number of hydrogen-bond donors (Lipinski definition) is 2. The highest BCUT2D eigenvalue weighted by Crippen LogP contribution is 2.29. The molecule has 0 saturated carbocycles. The summed E-state index contributed by atoms with van der Waals surface area (Å²) in [5, 5.41) is 10.9.